The van der Waals surface area contributed by atoms with E-state index in [0.717, 1.165) is 34.7 Å². The maximum absolute atomic E-state index is 14.0. The van der Waals surface area contributed by atoms with Crippen LogP contribution in [0.1, 0.15) is 49.6 Å². The number of aryl methyl sites for hydroxylation is 1. The van der Waals surface area contributed by atoms with Crippen molar-refractivity contribution in [1.29, 1.82) is 0 Å². The molecule has 3 aromatic rings. The number of hydrogen-bond acceptors (Lipinski definition) is 7. The van der Waals surface area contributed by atoms with Gasteiger partial charge in [0.1, 0.15) is 17.5 Å². The number of methoxy groups -OCH3 is 2. The second-order valence-electron chi connectivity index (χ2n) is 8.89. The highest BCUT2D eigenvalue weighted by Gasteiger charge is 2.35. The van der Waals surface area contributed by atoms with Crippen molar-refractivity contribution in [1.82, 2.24) is 9.55 Å². The number of esters is 1. The first-order valence-electron chi connectivity index (χ1n) is 12.2. The van der Waals surface area contributed by atoms with E-state index in [9.17, 15) is 9.59 Å². The van der Waals surface area contributed by atoms with E-state index in [1.807, 2.05) is 19.1 Å². The van der Waals surface area contributed by atoms with E-state index in [2.05, 4.69) is 22.1 Å². The predicted molar refractivity (Wildman–Crippen MR) is 143 cm³/mol. The monoisotopic (exact) mass is 519 g/mol. The van der Waals surface area contributed by atoms with Gasteiger partial charge in [-0.05, 0) is 51.8 Å². The van der Waals surface area contributed by atoms with Gasteiger partial charge in [-0.1, -0.05) is 23.5 Å². The van der Waals surface area contributed by atoms with Crippen molar-refractivity contribution >= 4 is 35.5 Å². The van der Waals surface area contributed by atoms with E-state index in [1.165, 1.54) is 11.3 Å². The van der Waals surface area contributed by atoms with Gasteiger partial charge in [-0.25, -0.2) is 9.79 Å². The second-order valence-corrected chi connectivity index (χ2v) is 9.90. The minimum atomic E-state index is -0.764. The second kappa shape index (κ2) is 9.89. The zero-order chi connectivity index (χ0) is 26.3. The standard InChI is InChI=1S/C28H29N3O5S/c1-6-36-27(33)24-16(3)30-28-31(25(24)19-12-11-17(34-4)13-22(19)35-5)26(32)23(37-28)14-20-15(2)29-21-10-8-7-9-18(20)21/h9-14,25,29H,6-8H2,1-5H3/b23-14-. The molecule has 0 bridgehead atoms. The smallest absolute Gasteiger partial charge is 0.338 e. The van der Waals surface area contributed by atoms with E-state index >= 15 is 0 Å². The molecule has 0 radical (unpaired) electrons. The molecule has 2 aromatic heterocycles. The fraction of sp³-hybridized carbons (Fsp3) is 0.321. The molecule has 37 heavy (non-hydrogen) atoms. The molecule has 1 atom stereocenters. The number of H-pyrrole nitrogens is 1. The van der Waals surface area contributed by atoms with Gasteiger partial charge in [0, 0.05) is 33.5 Å². The number of fused-ring (bicyclic) bond motifs is 2. The first kappa shape index (κ1) is 24.8. The first-order valence-corrected chi connectivity index (χ1v) is 13.0. The summed E-state index contributed by atoms with van der Waals surface area (Å²) < 4.78 is 18.5. The quantitative estimate of drug-likeness (QED) is 0.502. The highest BCUT2D eigenvalue weighted by atomic mass is 32.1. The molecule has 0 saturated carbocycles. The van der Waals surface area contributed by atoms with Gasteiger partial charge in [0.05, 0.1) is 36.6 Å². The third-order valence-corrected chi connectivity index (χ3v) is 7.68. The fourth-order valence-corrected chi connectivity index (χ4v) is 6.00. The third kappa shape index (κ3) is 4.23. The van der Waals surface area contributed by atoms with Crippen LogP contribution in [0.25, 0.3) is 18.2 Å². The summed E-state index contributed by atoms with van der Waals surface area (Å²) in [6.07, 6.45) is 8.28. The SMILES string of the molecule is CCOC(=O)C1=C(C)N=c2s/c(=C\c3c(C)[nH]c4c3=CCCC=4)c(=O)n2C1c1ccc(OC)cc1OC. The molecule has 0 saturated heterocycles. The molecule has 1 aliphatic carbocycles. The number of allylic oxidation sites excluding steroid dienone is 1. The summed E-state index contributed by atoms with van der Waals surface area (Å²) in [6, 6.07) is 4.58. The van der Waals surface area contributed by atoms with Crippen molar-refractivity contribution in [2.75, 3.05) is 20.8 Å². The Bertz CT molecular complexity index is 1740. The summed E-state index contributed by atoms with van der Waals surface area (Å²) in [4.78, 5) is 35.8. The molecule has 1 aliphatic heterocycles. The lowest BCUT2D eigenvalue weighted by Gasteiger charge is -2.26. The predicted octanol–water partition coefficient (Wildman–Crippen LogP) is 1.81. The molecule has 0 amide bonds. The van der Waals surface area contributed by atoms with Gasteiger partial charge in [-0.15, -0.1) is 0 Å². The summed E-state index contributed by atoms with van der Waals surface area (Å²) >= 11 is 1.31. The number of hydrogen-bond donors (Lipinski definition) is 1. The van der Waals surface area contributed by atoms with Crippen LogP contribution in [0.15, 0.2) is 39.3 Å². The Morgan fingerprint density at radius 2 is 2.00 bits per heavy atom. The van der Waals surface area contributed by atoms with Crippen molar-refractivity contribution in [3.63, 3.8) is 0 Å². The molecular formula is C28H29N3O5S. The van der Waals surface area contributed by atoms with E-state index < -0.39 is 12.0 Å². The zero-order valence-corrected chi connectivity index (χ0v) is 22.3. The van der Waals surface area contributed by atoms with Crippen molar-refractivity contribution < 1.29 is 19.0 Å². The number of thiazole rings is 1. The summed E-state index contributed by atoms with van der Waals surface area (Å²) in [6.45, 7) is 5.74. The van der Waals surface area contributed by atoms with Crippen molar-refractivity contribution in [3.05, 3.63) is 76.5 Å². The van der Waals surface area contributed by atoms with Crippen LogP contribution >= 0.6 is 11.3 Å². The third-order valence-electron chi connectivity index (χ3n) is 6.70. The number of nitrogens with zero attached hydrogens (tertiary/aromatic N) is 2. The Labute approximate surface area is 217 Å². The van der Waals surface area contributed by atoms with E-state index in [-0.39, 0.29) is 12.2 Å². The maximum atomic E-state index is 14.0. The molecule has 192 valence electrons. The van der Waals surface area contributed by atoms with Crippen LogP contribution in [-0.2, 0) is 9.53 Å². The van der Waals surface area contributed by atoms with Crippen molar-refractivity contribution in [2.45, 2.75) is 39.7 Å². The van der Waals surface area contributed by atoms with Gasteiger partial charge in [0.15, 0.2) is 4.80 Å². The molecule has 2 aliphatic rings. The van der Waals surface area contributed by atoms with Crippen LogP contribution in [0, 0.1) is 6.92 Å². The summed E-state index contributed by atoms with van der Waals surface area (Å²) in [5.41, 5.74) is 3.23. The number of rotatable bonds is 6. The Balaban J connectivity index is 1.78. The minimum absolute atomic E-state index is 0.206. The Kier molecular flexibility index (Phi) is 6.64. The fourth-order valence-electron chi connectivity index (χ4n) is 4.97. The van der Waals surface area contributed by atoms with Crippen LogP contribution in [0.3, 0.4) is 0 Å². The molecule has 1 N–H and O–H groups in total. The molecule has 3 heterocycles. The van der Waals surface area contributed by atoms with Crippen LogP contribution in [0.5, 0.6) is 11.5 Å². The normalized spacial score (nSPS) is 16.8. The van der Waals surface area contributed by atoms with Crippen LogP contribution < -0.4 is 34.9 Å². The Morgan fingerprint density at radius 1 is 1.22 bits per heavy atom. The van der Waals surface area contributed by atoms with Crippen LogP contribution in [0.4, 0.5) is 0 Å². The number of carbonyl (C=O) groups is 1. The van der Waals surface area contributed by atoms with Gasteiger partial charge in [-0.3, -0.25) is 9.36 Å². The lowest BCUT2D eigenvalue weighted by molar-refractivity contribution is -0.139. The van der Waals surface area contributed by atoms with Crippen LogP contribution in [-0.4, -0.2) is 36.3 Å². The Hall–Kier alpha value is -3.85. The van der Waals surface area contributed by atoms with E-state index in [0.29, 0.717) is 37.7 Å². The lowest BCUT2D eigenvalue weighted by Crippen LogP contribution is -2.40. The van der Waals surface area contributed by atoms with Gasteiger partial charge < -0.3 is 19.2 Å². The topological polar surface area (TPSA) is 94.9 Å². The minimum Gasteiger partial charge on any atom is -0.497 e. The molecule has 0 fully saturated rings. The average molecular weight is 520 g/mol. The largest absolute Gasteiger partial charge is 0.497 e. The lowest BCUT2D eigenvalue weighted by atomic mass is 9.95. The van der Waals surface area contributed by atoms with Gasteiger partial charge in [-0.2, -0.15) is 0 Å². The molecule has 0 spiro atoms. The van der Waals surface area contributed by atoms with Crippen LogP contribution in [0.2, 0.25) is 0 Å². The number of ether oxygens (including phenoxy) is 3. The first-order chi connectivity index (χ1) is 17.9. The molecule has 1 unspecified atom stereocenters. The number of nitrogens with one attached hydrogen (secondary N) is 1. The molecule has 9 heteroatoms. The molecule has 8 nitrogen and oxygen atoms in total. The van der Waals surface area contributed by atoms with E-state index in [4.69, 9.17) is 14.2 Å². The highest BCUT2D eigenvalue weighted by molar-refractivity contribution is 7.07. The summed E-state index contributed by atoms with van der Waals surface area (Å²) in [7, 11) is 3.12. The van der Waals surface area contributed by atoms with Gasteiger partial charge >= 0.3 is 5.97 Å². The molecule has 5 rings (SSSR count). The molecule has 1 aromatic carbocycles. The number of benzene rings is 1. The summed E-state index contributed by atoms with van der Waals surface area (Å²) in [5.74, 6) is 0.588. The zero-order valence-electron chi connectivity index (χ0n) is 21.5. The van der Waals surface area contributed by atoms with Gasteiger partial charge in [0.2, 0.25) is 0 Å². The average Bonchev–Trinajstić information content (AvgIpc) is 3.38. The van der Waals surface area contributed by atoms with Crippen molar-refractivity contribution in [2.24, 2.45) is 4.99 Å². The highest BCUT2D eigenvalue weighted by Crippen LogP contribution is 2.37. The maximum Gasteiger partial charge on any atom is 0.338 e. The molecular weight excluding hydrogens is 490 g/mol. The summed E-state index contributed by atoms with van der Waals surface area (Å²) in [5, 5.41) is 2.20. The number of aromatic amines is 1. The van der Waals surface area contributed by atoms with Gasteiger partial charge in [0.25, 0.3) is 5.56 Å². The van der Waals surface area contributed by atoms with Crippen molar-refractivity contribution in [3.8, 4) is 11.5 Å². The van der Waals surface area contributed by atoms with E-state index in [1.54, 1.807) is 44.8 Å². The Morgan fingerprint density at radius 3 is 2.73 bits per heavy atom. The number of aromatic nitrogens is 2. The number of carbonyl (C=O) groups excluding carboxylic acids is 1.